The van der Waals surface area contributed by atoms with Crippen LogP contribution in [0.5, 0.6) is 0 Å². The number of ether oxygens (including phenoxy) is 1. The molecule has 0 spiro atoms. The molecule has 0 saturated carbocycles. The fourth-order valence-corrected chi connectivity index (χ4v) is 1.55. The fraction of sp³-hybridized carbons (Fsp3) is 0.500. The van der Waals surface area contributed by atoms with Crippen molar-refractivity contribution in [2.75, 3.05) is 18.8 Å². The summed E-state index contributed by atoms with van der Waals surface area (Å²) >= 11 is 0. The van der Waals surface area contributed by atoms with E-state index in [0.717, 1.165) is 4.57 Å². The van der Waals surface area contributed by atoms with Crippen molar-refractivity contribution >= 4 is 13.4 Å². The van der Waals surface area contributed by atoms with E-state index in [0.29, 0.717) is 0 Å². The van der Waals surface area contributed by atoms with Crippen LogP contribution in [0.1, 0.15) is 0 Å². The minimum atomic E-state index is -4.37. The first-order chi connectivity index (χ1) is 8.31. The molecule has 0 amide bonds. The summed E-state index contributed by atoms with van der Waals surface area (Å²) in [6.45, 7) is -1.20. The lowest BCUT2D eigenvalue weighted by atomic mass is 10.4. The maximum Gasteiger partial charge on any atom is 0.350 e. The maximum atomic E-state index is 12.6. The van der Waals surface area contributed by atoms with Crippen molar-refractivity contribution in [3.63, 3.8) is 0 Å². The number of nitrogens with zero attached hydrogens (tertiary/aromatic N) is 2. The first kappa shape index (κ1) is 14.8. The normalized spacial score (nSPS) is 13.5. The van der Waals surface area contributed by atoms with E-state index in [-0.39, 0.29) is 12.4 Å². The smallest absolute Gasteiger partial charge is 0.350 e. The van der Waals surface area contributed by atoms with Crippen molar-refractivity contribution in [1.82, 2.24) is 9.55 Å². The summed E-state index contributed by atoms with van der Waals surface area (Å²) in [5, 5.41) is 0. The van der Waals surface area contributed by atoms with Gasteiger partial charge in [0, 0.05) is 6.20 Å². The molecule has 0 fully saturated rings. The van der Waals surface area contributed by atoms with Crippen molar-refractivity contribution in [2.24, 2.45) is 0 Å². The number of rotatable bonds is 6. The van der Waals surface area contributed by atoms with Crippen LogP contribution in [0.25, 0.3) is 0 Å². The van der Waals surface area contributed by atoms with E-state index >= 15 is 0 Å². The maximum absolute atomic E-state index is 12.6. The molecule has 0 aromatic carbocycles. The first-order valence-corrected chi connectivity index (χ1v) is 6.66. The second-order valence-electron chi connectivity index (χ2n) is 3.52. The van der Waals surface area contributed by atoms with E-state index in [1.165, 1.54) is 12.3 Å². The largest absolute Gasteiger partial charge is 0.383 e. The lowest BCUT2D eigenvalue weighted by Crippen LogP contribution is -2.31. The molecule has 18 heavy (non-hydrogen) atoms. The van der Waals surface area contributed by atoms with Crippen LogP contribution in [-0.2, 0) is 15.8 Å². The van der Waals surface area contributed by atoms with Gasteiger partial charge in [0.2, 0.25) is 0 Å². The average Bonchev–Trinajstić information content (AvgIpc) is 2.25. The van der Waals surface area contributed by atoms with Crippen LogP contribution >= 0.6 is 7.60 Å². The molecule has 8 nitrogen and oxygen atoms in total. The third-order valence-electron chi connectivity index (χ3n) is 1.95. The third-order valence-corrected chi connectivity index (χ3v) is 2.43. The van der Waals surface area contributed by atoms with Gasteiger partial charge in [-0.25, -0.2) is 9.18 Å². The third kappa shape index (κ3) is 4.92. The highest BCUT2D eigenvalue weighted by Gasteiger charge is 2.18. The Hall–Kier alpha value is -1.28. The van der Waals surface area contributed by atoms with Crippen molar-refractivity contribution in [1.29, 1.82) is 0 Å². The molecule has 0 saturated heterocycles. The van der Waals surface area contributed by atoms with Crippen molar-refractivity contribution < 1.29 is 23.5 Å². The lowest BCUT2D eigenvalue weighted by molar-refractivity contribution is 0.0430. The quantitative estimate of drug-likeness (QED) is 0.589. The molecule has 1 aromatic heterocycles. The summed E-state index contributed by atoms with van der Waals surface area (Å²) in [4.78, 5) is 31.9. The standard InChI is InChI=1S/C8H13FN3O5P/c9-3-6(17-5-18(14,15)16)4-12-2-1-7(10)11-8(12)13/h1-2,6H,3-5H2,(H2,10,11,13)(H2,14,15,16). The first-order valence-electron chi connectivity index (χ1n) is 4.87. The Labute approximate surface area is 101 Å². The van der Waals surface area contributed by atoms with Gasteiger partial charge >= 0.3 is 13.3 Å². The Morgan fingerprint density at radius 3 is 2.78 bits per heavy atom. The van der Waals surface area contributed by atoms with Gasteiger partial charge in [-0.1, -0.05) is 0 Å². The molecule has 4 N–H and O–H groups in total. The summed E-state index contributed by atoms with van der Waals surface area (Å²) in [5.41, 5.74) is 4.59. The molecule has 1 heterocycles. The highest BCUT2D eigenvalue weighted by atomic mass is 31.2. The van der Waals surface area contributed by atoms with Gasteiger partial charge in [0.1, 0.15) is 24.9 Å². The highest BCUT2D eigenvalue weighted by molar-refractivity contribution is 7.51. The Morgan fingerprint density at radius 2 is 2.28 bits per heavy atom. The van der Waals surface area contributed by atoms with Crippen LogP contribution in [0.15, 0.2) is 17.1 Å². The van der Waals surface area contributed by atoms with E-state index in [9.17, 15) is 13.8 Å². The van der Waals surface area contributed by atoms with E-state index in [2.05, 4.69) is 9.72 Å². The molecular formula is C8H13FN3O5P. The van der Waals surface area contributed by atoms with E-state index < -0.39 is 32.4 Å². The topological polar surface area (TPSA) is 128 Å². The van der Waals surface area contributed by atoms with Crippen LogP contribution < -0.4 is 11.4 Å². The van der Waals surface area contributed by atoms with E-state index in [4.69, 9.17) is 15.5 Å². The second-order valence-corrected chi connectivity index (χ2v) is 5.11. The van der Waals surface area contributed by atoms with Crippen LogP contribution in [0, 0.1) is 0 Å². The summed E-state index contributed by atoms with van der Waals surface area (Å²) < 4.78 is 28.9. The number of alkyl halides is 1. The molecule has 1 unspecified atom stereocenters. The Bertz CT molecular complexity index is 502. The summed E-state index contributed by atoms with van der Waals surface area (Å²) in [6, 6.07) is 1.35. The van der Waals surface area contributed by atoms with Gasteiger partial charge in [-0.3, -0.25) is 9.13 Å². The molecule has 0 aliphatic heterocycles. The molecule has 10 heteroatoms. The molecular weight excluding hydrogens is 268 g/mol. The van der Waals surface area contributed by atoms with Crippen molar-refractivity contribution in [3.05, 3.63) is 22.7 Å². The monoisotopic (exact) mass is 281 g/mol. The minimum absolute atomic E-state index is 0.0317. The van der Waals surface area contributed by atoms with Crippen LogP contribution in [0.2, 0.25) is 0 Å². The van der Waals surface area contributed by atoms with Gasteiger partial charge in [-0.15, -0.1) is 0 Å². The lowest BCUT2D eigenvalue weighted by Gasteiger charge is -2.16. The zero-order chi connectivity index (χ0) is 13.8. The number of nitrogens with two attached hydrogens (primary N) is 1. The number of anilines is 1. The summed E-state index contributed by atoms with van der Waals surface area (Å²) in [5.74, 6) is 0.0317. The molecule has 1 aromatic rings. The molecule has 0 radical (unpaired) electrons. The summed E-state index contributed by atoms with van der Waals surface area (Å²) in [7, 11) is -4.37. The number of hydrogen-bond acceptors (Lipinski definition) is 5. The fourth-order valence-electron chi connectivity index (χ4n) is 1.15. The predicted octanol–water partition coefficient (Wildman–Crippen LogP) is -0.685. The van der Waals surface area contributed by atoms with Gasteiger partial charge in [-0.2, -0.15) is 4.98 Å². The molecule has 0 aliphatic rings. The predicted molar refractivity (Wildman–Crippen MR) is 60.7 cm³/mol. The molecule has 1 rings (SSSR count). The van der Waals surface area contributed by atoms with Gasteiger partial charge in [0.15, 0.2) is 0 Å². The SMILES string of the molecule is Nc1ccn(CC(CF)OCP(=O)(O)O)c(=O)n1. The van der Waals surface area contributed by atoms with E-state index in [1.54, 1.807) is 0 Å². The number of nitrogen functional groups attached to an aromatic ring is 1. The Morgan fingerprint density at radius 1 is 1.61 bits per heavy atom. The van der Waals surface area contributed by atoms with Gasteiger partial charge in [0.05, 0.1) is 6.54 Å². The second kappa shape index (κ2) is 6.05. The minimum Gasteiger partial charge on any atom is -0.383 e. The molecule has 1 atom stereocenters. The average molecular weight is 281 g/mol. The molecule has 0 bridgehead atoms. The summed E-state index contributed by atoms with van der Waals surface area (Å²) in [6.07, 6.45) is -0.742. The highest BCUT2D eigenvalue weighted by Crippen LogP contribution is 2.34. The molecule has 102 valence electrons. The van der Waals surface area contributed by atoms with Gasteiger partial charge < -0.3 is 20.3 Å². The van der Waals surface area contributed by atoms with Crippen LogP contribution in [-0.4, -0.2) is 38.5 Å². The molecule has 0 aliphatic carbocycles. The van der Waals surface area contributed by atoms with Gasteiger partial charge in [-0.05, 0) is 6.07 Å². The Kier molecular flexibility index (Phi) is 4.97. The number of aromatic nitrogens is 2. The van der Waals surface area contributed by atoms with Crippen molar-refractivity contribution in [3.8, 4) is 0 Å². The number of hydrogen-bond donors (Lipinski definition) is 3. The van der Waals surface area contributed by atoms with Crippen molar-refractivity contribution in [2.45, 2.75) is 12.6 Å². The zero-order valence-corrected chi connectivity index (χ0v) is 10.2. The van der Waals surface area contributed by atoms with Crippen LogP contribution in [0.4, 0.5) is 10.2 Å². The number of halogens is 1. The van der Waals surface area contributed by atoms with Crippen LogP contribution in [0.3, 0.4) is 0 Å². The van der Waals surface area contributed by atoms with E-state index in [1.807, 2.05) is 0 Å². The zero-order valence-electron chi connectivity index (χ0n) is 9.27. The Balaban J connectivity index is 2.68. The van der Waals surface area contributed by atoms with Gasteiger partial charge in [0.25, 0.3) is 0 Å².